The number of aromatic hydroxyl groups is 1. The summed E-state index contributed by atoms with van der Waals surface area (Å²) in [5.41, 5.74) is 4.93. The fraction of sp³-hybridized carbons (Fsp3) is 0.146. The third-order valence-corrected chi connectivity index (χ3v) is 8.94. The van der Waals surface area contributed by atoms with Crippen molar-refractivity contribution in [2.75, 3.05) is 5.73 Å². The number of hydrogen-bond acceptors (Lipinski definition) is 12. The van der Waals surface area contributed by atoms with Crippen LogP contribution < -0.4 is 21.0 Å². The van der Waals surface area contributed by atoms with Gasteiger partial charge in [0.2, 0.25) is 0 Å². The topological polar surface area (TPSA) is 196 Å². The molecule has 0 aliphatic carbocycles. The number of oxazole rings is 1. The van der Waals surface area contributed by atoms with E-state index >= 15 is 0 Å². The summed E-state index contributed by atoms with van der Waals surface area (Å²) in [5.74, 6) is -11.4. The van der Waals surface area contributed by atoms with Crippen LogP contribution in [0.2, 0.25) is 0 Å². The van der Waals surface area contributed by atoms with Crippen LogP contribution in [-0.4, -0.2) is 54.3 Å². The molecule has 0 saturated heterocycles. The number of nitrogens with one attached hydrogen (secondary N) is 1. The number of ether oxygens (including phenoxy) is 2. The number of carbonyl (C=O) groups is 2. The van der Waals surface area contributed by atoms with Crippen molar-refractivity contribution in [2.45, 2.75) is 37.4 Å². The Balaban J connectivity index is 0.000000213. The molecule has 4 N–H and O–H groups in total. The van der Waals surface area contributed by atoms with Gasteiger partial charge in [-0.15, -0.1) is 26.3 Å². The number of halogens is 10. The van der Waals surface area contributed by atoms with Crippen molar-refractivity contribution < 1.29 is 72.5 Å². The van der Waals surface area contributed by atoms with Crippen molar-refractivity contribution in [3.63, 3.8) is 0 Å². The van der Waals surface area contributed by atoms with Crippen LogP contribution in [0.15, 0.2) is 107 Å². The number of H-pyrrole nitrogens is 1. The molecule has 0 radical (unpaired) electrons. The lowest BCUT2D eigenvalue weighted by molar-refractivity contribution is -0.276. The predicted octanol–water partition coefficient (Wildman–Crippen LogP) is 8.84. The number of hydrogen-bond donors (Lipinski definition) is 3. The fourth-order valence-corrected chi connectivity index (χ4v) is 6.13. The first-order valence-corrected chi connectivity index (χ1v) is 18.0. The highest BCUT2D eigenvalue weighted by Crippen LogP contribution is 2.36. The first kappa shape index (κ1) is 45.7. The molecule has 0 aliphatic heterocycles. The summed E-state index contributed by atoms with van der Waals surface area (Å²) in [7, 11) is 0. The van der Waals surface area contributed by atoms with Gasteiger partial charge in [-0.2, -0.15) is 0 Å². The number of anilines is 1. The van der Waals surface area contributed by atoms with Crippen LogP contribution in [0.3, 0.4) is 0 Å². The normalized spacial score (nSPS) is 12.5. The summed E-state index contributed by atoms with van der Waals surface area (Å²) in [5, 5.41) is 9.44. The number of carbonyl (C=O) groups excluding carboxylic acids is 2. The number of Topliss-reactive ketones (excluding diaryl/α,β-unsaturated/α-hetero) is 2. The molecule has 0 saturated carbocycles. The predicted molar refractivity (Wildman–Crippen MR) is 201 cm³/mol. The largest absolute Gasteiger partial charge is 0.573 e. The zero-order valence-corrected chi connectivity index (χ0v) is 31.8. The Hall–Kier alpha value is -7.85. The molecule has 7 rings (SSSR count). The van der Waals surface area contributed by atoms with Gasteiger partial charge in [-0.05, 0) is 83.9 Å². The van der Waals surface area contributed by atoms with Gasteiger partial charge >= 0.3 is 18.5 Å². The molecule has 13 nitrogen and oxygen atoms in total. The molecule has 332 valence electrons. The second-order valence-electron chi connectivity index (χ2n) is 13.2. The smallest absolute Gasteiger partial charge is 0.504 e. The SMILES string of the molecule is Nc1nc(C(=O)C[C@@H](c2ccc(OC(F)(F)F)c(F)c2)c2ncccc2F)ccc1O.O=C(C[C@@H](c1ccc(OC(F)(F)F)c(F)c1)c1ncccc1F)c1ccc2oc(=O)[nH]c2n1. The van der Waals surface area contributed by atoms with E-state index in [0.29, 0.717) is 6.07 Å². The summed E-state index contributed by atoms with van der Waals surface area (Å²) in [6.45, 7) is 0. The van der Waals surface area contributed by atoms with Crippen molar-refractivity contribution in [1.82, 2.24) is 24.9 Å². The van der Waals surface area contributed by atoms with Crippen molar-refractivity contribution in [1.29, 1.82) is 0 Å². The number of alkyl halides is 6. The molecule has 0 bridgehead atoms. The van der Waals surface area contributed by atoms with Gasteiger partial charge < -0.3 is 24.7 Å². The van der Waals surface area contributed by atoms with Crippen molar-refractivity contribution >= 4 is 28.6 Å². The number of aromatic amines is 1. The summed E-state index contributed by atoms with van der Waals surface area (Å²) in [6, 6.07) is 14.8. The Morgan fingerprint density at radius 1 is 0.672 bits per heavy atom. The first-order valence-electron chi connectivity index (χ1n) is 18.0. The van der Waals surface area contributed by atoms with Crippen LogP contribution in [0.1, 0.15) is 68.2 Å². The highest BCUT2D eigenvalue weighted by Gasteiger charge is 2.34. The zero-order valence-electron chi connectivity index (χ0n) is 31.8. The van der Waals surface area contributed by atoms with Gasteiger partial charge in [0.15, 0.2) is 57.5 Å². The van der Waals surface area contributed by atoms with E-state index in [4.69, 9.17) is 10.2 Å². The zero-order chi connectivity index (χ0) is 46.5. The molecule has 2 aromatic carbocycles. The second kappa shape index (κ2) is 18.6. The highest BCUT2D eigenvalue weighted by atomic mass is 19.4. The van der Waals surface area contributed by atoms with Crippen molar-refractivity contribution in [3.05, 3.63) is 165 Å². The minimum absolute atomic E-state index is 0.00855. The summed E-state index contributed by atoms with van der Waals surface area (Å²) < 4.78 is 144. The molecular weight excluding hydrogens is 878 g/mol. The number of fused-ring (bicyclic) bond motifs is 1. The Labute approximate surface area is 351 Å². The molecule has 0 spiro atoms. The van der Waals surface area contributed by atoms with E-state index in [0.717, 1.165) is 48.5 Å². The third kappa shape index (κ3) is 11.3. The van der Waals surface area contributed by atoms with Gasteiger partial charge in [-0.1, -0.05) is 12.1 Å². The number of nitrogen functional groups attached to an aromatic ring is 1. The molecule has 5 heterocycles. The maximum absolute atomic E-state index is 14.5. The number of aromatic nitrogens is 5. The van der Waals surface area contributed by atoms with E-state index in [1.54, 1.807) is 0 Å². The molecular formula is C41H26F10N6O7. The molecule has 64 heavy (non-hydrogen) atoms. The lowest BCUT2D eigenvalue weighted by Gasteiger charge is -2.18. The number of benzene rings is 2. The van der Waals surface area contributed by atoms with Gasteiger partial charge in [0.25, 0.3) is 0 Å². The fourth-order valence-electron chi connectivity index (χ4n) is 6.13. The Kier molecular flexibility index (Phi) is 13.3. The Morgan fingerprint density at radius 3 is 1.58 bits per heavy atom. The quantitative estimate of drug-likeness (QED) is 0.0780. The molecule has 0 fully saturated rings. The van der Waals surface area contributed by atoms with Crippen LogP contribution in [-0.2, 0) is 0 Å². The van der Waals surface area contributed by atoms with Crippen LogP contribution in [0.25, 0.3) is 11.2 Å². The Bertz CT molecular complexity index is 2910. The lowest BCUT2D eigenvalue weighted by Crippen LogP contribution is -2.18. The van der Waals surface area contributed by atoms with E-state index in [1.807, 2.05) is 0 Å². The number of pyridine rings is 4. The highest BCUT2D eigenvalue weighted by molar-refractivity contribution is 5.96. The molecule has 0 unspecified atom stereocenters. The summed E-state index contributed by atoms with van der Waals surface area (Å²) >= 11 is 0. The van der Waals surface area contributed by atoms with Crippen LogP contribution in [0.5, 0.6) is 17.2 Å². The van der Waals surface area contributed by atoms with Crippen molar-refractivity contribution in [2.24, 2.45) is 0 Å². The molecule has 5 aromatic heterocycles. The van der Waals surface area contributed by atoms with E-state index in [9.17, 15) is 63.4 Å². The van der Waals surface area contributed by atoms with Gasteiger partial charge in [-0.3, -0.25) is 24.5 Å². The monoisotopic (exact) mass is 904 g/mol. The number of nitrogens with zero attached hydrogens (tertiary/aromatic N) is 4. The minimum atomic E-state index is -5.11. The van der Waals surface area contributed by atoms with E-state index in [1.165, 1.54) is 42.7 Å². The molecule has 0 amide bonds. The first-order chi connectivity index (χ1) is 30.2. The average molecular weight is 905 g/mol. The van der Waals surface area contributed by atoms with Crippen LogP contribution in [0.4, 0.5) is 49.7 Å². The summed E-state index contributed by atoms with van der Waals surface area (Å²) in [4.78, 5) is 54.8. The number of rotatable bonds is 12. The van der Waals surface area contributed by atoms with Gasteiger partial charge in [-0.25, -0.2) is 32.3 Å². The van der Waals surface area contributed by atoms with Crippen LogP contribution in [0, 0.1) is 23.3 Å². The molecule has 23 heteroatoms. The maximum Gasteiger partial charge on any atom is 0.573 e. The van der Waals surface area contributed by atoms with E-state index in [-0.39, 0.29) is 56.7 Å². The summed E-state index contributed by atoms with van der Waals surface area (Å²) in [6.07, 6.45) is -8.60. The second-order valence-corrected chi connectivity index (χ2v) is 13.2. The third-order valence-electron chi connectivity index (χ3n) is 8.94. The number of ketones is 2. The van der Waals surface area contributed by atoms with Crippen LogP contribution >= 0.6 is 0 Å². The molecule has 0 aliphatic rings. The minimum Gasteiger partial charge on any atom is -0.504 e. The van der Waals surface area contributed by atoms with E-state index < -0.39 is 89.5 Å². The lowest BCUT2D eigenvalue weighted by atomic mass is 9.89. The maximum atomic E-state index is 14.5. The van der Waals surface area contributed by atoms with Gasteiger partial charge in [0.05, 0.1) is 11.4 Å². The van der Waals surface area contributed by atoms with Gasteiger partial charge in [0, 0.05) is 37.1 Å². The standard InChI is InChI=1S/C21H12F5N3O4.C20H14F5N3O3/c22-12-2-1-7-27-18(12)11(10-3-5-16(13(23)8-10)33-21(24,25)26)9-15(30)14-4-6-17-19(28-14)29-20(31)32-17;21-12-2-1-7-27-18(12)11(9-16(30)14-4-5-15(29)19(26)28-14)10-3-6-17(13(22)8-10)31-20(23,24)25/h1-8,11H,9H2,(H,28,29,31);1-8,11,29H,9H2,(H2,26,28)/t2*11-/m00/s1. The molecule has 7 aromatic rings. The van der Waals surface area contributed by atoms with Gasteiger partial charge in [0.1, 0.15) is 23.0 Å². The van der Waals surface area contributed by atoms with E-state index in [2.05, 4.69) is 34.4 Å². The average Bonchev–Trinajstić information content (AvgIpc) is 3.61. The number of nitrogens with two attached hydrogens (primary N) is 1. The van der Waals surface area contributed by atoms with Crippen molar-refractivity contribution in [3.8, 4) is 17.2 Å². The molecule has 2 atom stereocenters. The Morgan fingerprint density at radius 2 is 1.14 bits per heavy atom.